The molecule has 2 N–H and O–H groups in total. The molecule has 55 heavy (non-hydrogen) atoms. The molecule has 7 nitrogen and oxygen atoms in total. The number of allylic oxidation sites excluding steroid dienone is 8. The minimum Gasteiger partial charge on any atom is -0.392 e. The highest BCUT2D eigenvalue weighted by molar-refractivity contribution is 5.99. The quantitative estimate of drug-likeness (QED) is 0.0952. The van der Waals surface area contributed by atoms with Crippen molar-refractivity contribution >= 4 is 17.9 Å². The number of Topliss-reactive ketones (excluding diaryl/α,β-unsaturated/α-hetero) is 1. The van der Waals surface area contributed by atoms with Gasteiger partial charge in [0.25, 0.3) is 0 Å². The molecule has 1 unspecified atom stereocenters. The van der Waals surface area contributed by atoms with Crippen LogP contribution in [0.4, 0.5) is 0 Å². The molecule has 0 aromatic carbocycles. The summed E-state index contributed by atoms with van der Waals surface area (Å²) in [6.07, 6.45) is 17.2. The highest BCUT2D eigenvalue weighted by Gasteiger charge is 2.16. The van der Waals surface area contributed by atoms with Crippen LogP contribution in [0.3, 0.4) is 0 Å². The number of hydrogen-bond acceptors (Lipinski definition) is 6. The number of carbonyl (C=O) groups excluding carboxylic acids is 2. The van der Waals surface area contributed by atoms with Crippen molar-refractivity contribution in [1.82, 2.24) is 20.4 Å². The molecule has 0 radical (unpaired) electrons. The van der Waals surface area contributed by atoms with Crippen molar-refractivity contribution < 1.29 is 9.59 Å². The number of hydrogen-bond donors (Lipinski definition) is 2. The molecule has 0 bridgehead atoms. The normalized spacial score (nSPS) is 14.7. The van der Waals surface area contributed by atoms with Crippen molar-refractivity contribution in [3.8, 4) is 0 Å². The van der Waals surface area contributed by atoms with Crippen LogP contribution in [0.5, 0.6) is 0 Å². The zero-order valence-corrected chi connectivity index (χ0v) is 39.8. The molecule has 0 fully saturated rings. The van der Waals surface area contributed by atoms with Crippen molar-refractivity contribution in [1.29, 1.82) is 0 Å². The summed E-state index contributed by atoms with van der Waals surface area (Å²) in [4.78, 5) is 33.2. The van der Waals surface area contributed by atoms with Crippen molar-refractivity contribution in [2.24, 2.45) is 16.8 Å². The largest absolute Gasteiger partial charge is 0.392 e. The fourth-order valence-corrected chi connectivity index (χ4v) is 5.67. The topological polar surface area (TPSA) is 77.0 Å². The third kappa shape index (κ3) is 29.7. The Morgan fingerprint density at radius 1 is 0.945 bits per heavy atom. The van der Waals surface area contributed by atoms with Crippen LogP contribution in [-0.2, 0) is 9.59 Å². The van der Waals surface area contributed by atoms with Gasteiger partial charge in [-0.3, -0.25) is 14.6 Å². The van der Waals surface area contributed by atoms with Gasteiger partial charge in [-0.05, 0) is 129 Å². The smallest absolute Gasteiger partial charge is 0.246 e. The van der Waals surface area contributed by atoms with E-state index in [0.29, 0.717) is 35.6 Å². The van der Waals surface area contributed by atoms with Crippen molar-refractivity contribution in [2.45, 2.75) is 169 Å². The summed E-state index contributed by atoms with van der Waals surface area (Å²) in [5, 5.41) is 6.08. The fraction of sp³-hybridized carbons (Fsp3) is 0.688. The average Bonchev–Trinajstić information content (AvgIpc) is 3.35. The molecule has 320 valence electrons. The van der Waals surface area contributed by atoms with E-state index in [4.69, 9.17) is 0 Å². The first-order chi connectivity index (χ1) is 26.0. The van der Waals surface area contributed by atoms with Crippen LogP contribution in [0.2, 0.25) is 0 Å². The van der Waals surface area contributed by atoms with E-state index in [1.54, 1.807) is 19.9 Å². The molecule has 1 aliphatic heterocycles. The van der Waals surface area contributed by atoms with E-state index < -0.39 is 0 Å². The molecular weight excluding hydrogens is 679 g/mol. The van der Waals surface area contributed by atoms with Gasteiger partial charge in [-0.15, -0.1) is 0 Å². The van der Waals surface area contributed by atoms with Crippen LogP contribution < -0.4 is 10.6 Å². The lowest BCUT2D eigenvalue weighted by atomic mass is 9.97. The second kappa shape index (κ2) is 37.7. The van der Waals surface area contributed by atoms with E-state index in [1.165, 1.54) is 56.2 Å². The van der Waals surface area contributed by atoms with Crippen LogP contribution in [-0.4, -0.2) is 73.5 Å². The molecule has 1 rings (SSSR count). The first-order valence-corrected chi connectivity index (χ1v) is 21.6. The van der Waals surface area contributed by atoms with Gasteiger partial charge in [-0.1, -0.05) is 94.0 Å². The molecule has 1 amide bonds. The number of amides is 1. The number of nitrogens with one attached hydrogen (secondary N) is 2. The minimum absolute atomic E-state index is 0.0285. The van der Waals surface area contributed by atoms with Gasteiger partial charge in [-0.25, -0.2) is 0 Å². The Bertz CT molecular complexity index is 1200. The summed E-state index contributed by atoms with van der Waals surface area (Å²) in [5.41, 5.74) is 6.76. The van der Waals surface area contributed by atoms with Gasteiger partial charge >= 0.3 is 0 Å². The summed E-state index contributed by atoms with van der Waals surface area (Å²) < 4.78 is 0. The predicted molar refractivity (Wildman–Crippen MR) is 248 cm³/mol. The van der Waals surface area contributed by atoms with Crippen LogP contribution in [0.25, 0.3) is 0 Å². The molecule has 0 aromatic heterocycles. The first-order valence-electron chi connectivity index (χ1n) is 21.6. The van der Waals surface area contributed by atoms with Gasteiger partial charge < -0.3 is 20.4 Å². The maximum absolute atomic E-state index is 11.9. The summed E-state index contributed by atoms with van der Waals surface area (Å²) in [6.45, 7) is 45.7. The first kappa shape index (κ1) is 58.5. The Morgan fingerprint density at radius 2 is 1.55 bits per heavy atom. The Kier molecular flexibility index (Phi) is 40.1. The molecule has 0 aliphatic carbocycles. The lowest BCUT2D eigenvalue weighted by Gasteiger charge is -2.31. The molecule has 1 heterocycles. The number of ketones is 1. The minimum atomic E-state index is -0.0883. The van der Waals surface area contributed by atoms with Crippen LogP contribution in [0.15, 0.2) is 75.3 Å². The Labute approximate surface area is 343 Å². The summed E-state index contributed by atoms with van der Waals surface area (Å²) >= 11 is 0. The second-order valence-electron chi connectivity index (χ2n) is 14.3. The number of nitrogens with zero attached hydrogens (tertiary/aromatic N) is 3. The van der Waals surface area contributed by atoms with Gasteiger partial charge in [0.05, 0.1) is 0 Å². The van der Waals surface area contributed by atoms with Gasteiger partial charge in [0.1, 0.15) is 0 Å². The zero-order valence-electron chi connectivity index (χ0n) is 39.8. The van der Waals surface area contributed by atoms with Gasteiger partial charge in [0.15, 0.2) is 5.78 Å². The average molecular weight is 770 g/mol. The van der Waals surface area contributed by atoms with E-state index in [2.05, 4.69) is 112 Å². The maximum atomic E-state index is 11.9. The molecule has 0 saturated heterocycles. The fourth-order valence-electron chi connectivity index (χ4n) is 5.67. The standard InChI is InChI=1S/C25H46N4.C17H27NO2.3C2H6/c1-8-16-28(21(2)3)17-11-18-29(24(6)14-9-13-23(5)26-7)20-25-19-27-15-10-12-22(25)4;1-11(2)8-9-18-17(20)14(6)10-13(5)16(12(3)4)15(7)19;3*1-2/h13-15,19,21-22,26H,8-12,16-18,20H2,1-7H3;10-11H,3,8-9H2,1-2,4-7H3,(H,18,20);3*1-2H3/b23-13+,24-14+;14-10+,16-13+;;;. The van der Waals surface area contributed by atoms with E-state index in [0.717, 1.165) is 43.5 Å². The molecule has 0 saturated carbocycles. The molecule has 0 spiro atoms. The molecule has 1 aliphatic rings. The van der Waals surface area contributed by atoms with E-state index in [1.807, 2.05) is 55.5 Å². The monoisotopic (exact) mass is 770 g/mol. The predicted octanol–water partition coefficient (Wildman–Crippen LogP) is 12.3. The summed E-state index contributed by atoms with van der Waals surface area (Å²) in [6, 6.07) is 0.619. The third-order valence-electron chi connectivity index (χ3n) is 8.90. The summed E-state index contributed by atoms with van der Waals surface area (Å²) in [5.74, 6) is 1.05. The zero-order chi connectivity index (χ0) is 43.5. The number of rotatable bonds is 20. The third-order valence-corrected chi connectivity index (χ3v) is 8.90. The van der Waals surface area contributed by atoms with Crippen molar-refractivity contribution in [2.75, 3.05) is 39.8 Å². The van der Waals surface area contributed by atoms with E-state index >= 15 is 0 Å². The van der Waals surface area contributed by atoms with E-state index in [9.17, 15) is 9.59 Å². The molecule has 0 aromatic rings. The van der Waals surface area contributed by atoms with E-state index in [-0.39, 0.29) is 11.7 Å². The Balaban J connectivity index is -0.000000437. The number of carbonyl (C=O) groups is 2. The molecular formula is C48H91N5O2. The van der Waals surface area contributed by atoms with Crippen molar-refractivity contribution in [3.63, 3.8) is 0 Å². The molecule has 1 atom stereocenters. The second-order valence-corrected chi connectivity index (χ2v) is 14.3. The lowest BCUT2D eigenvalue weighted by Crippen LogP contribution is -2.35. The highest BCUT2D eigenvalue weighted by atomic mass is 16.1. The van der Waals surface area contributed by atoms with Crippen LogP contribution >= 0.6 is 0 Å². The maximum Gasteiger partial charge on any atom is 0.246 e. The highest BCUT2D eigenvalue weighted by Crippen LogP contribution is 2.22. The molecule has 7 heteroatoms. The SMILES string of the molecule is C=C(C)/C(C(C)=O)=C(C)\C=C(/C)C(=O)NCCC(C)C.CC.CC.CC.CCCN(CCCN(CC1=CN=CCCC1C)/C(C)=C/C/C=C(\C)NC)C(C)C. The van der Waals surface area contributed by atoms with Gasteiger partial charge in [-0.2, -0.15) is 0 Å². The Hall–Kier alpha value is -3.19. The van der Waals surface area contributed by atoms with Crippen molar-refractivity contribution in [3.05, 3.63) is 70.3 Å². The van der Waals surface area contributed by atoms with Crippen LogP contribution in [0, 0.1) is 11.8 Å². The Morgan fingerprint density at radius 3 is 2.04 bits per heavy atom. The summed E-state index contributed by atoms with van der Waals surface area (Å²) in [7, 11) is 1.98. The lowest BCUT2D eigenvalue weighted by molar-refractivity contribution is -0.117. The van der Waals surface area contributed by atoms with Gasteiger partial charge in [0.2, 0.25) is 5.91 Å². The van der Waals surface area contributed by atoms with Crippen LogP contribution in [0.1, 0.15) is 163 Å². The number of aliphatic imine (C=N–C) groups is 1. The van der Waals surface area contributed by atoms with Gasteiger partial charge in [0, 0.05) is 74.2 Å².